The van der Waals surface area contributed by atoms with E-state index in [-0.39, 0.29) is 5.41 Å². The lowest BCUT2D eigenvalue weighted by molar-refractivity contribution is 0.411. The van der Waals surface area contributed by atoms with E-state index < -0.39 is 0 Å². The third-order valence-corrected chi connectivity index (χ3v) is 7.64. The third-order valence-electron chi connectivity index (χ3n) is 7.64. The molecular weight excluding hydrogens is 452 g/mol. The number of hydrogen-bond donors (Lipinski definition) is 0. The van der Waals surface area contributed by atoms with E-state index in [1.54, 1.807) is 0 Å². The van der Waals surface area contributed by atoms with Gasteiger partial charge in [-0.3, -0.25) is 4.98 Å². The smallest absolute Gasteiger partial charge is 0.136 e. The molecule has 4 heterocycles. The van der Waals surface area contributed by atoms with Crippen LogP contribution in [0.15, 0.2) is 95.5 Å². The summed E-state index contributed by atoms with van der Waals surface area (Å²) in [6.45, 7) is 6.93. The second-order valence-corrected chi connectivity index (χ2v) is 11.5. The molecule has 0 amide bonds. The molecule has 0 radical (unpaired) electrons. The fourth-order valence-electron chi connectivity index (χ4n) is 6.23. The number of rotatable bonds is 2. The average molecular weight is 479 g/mol. The average Bonchev–Trinajstić information content (AvgIpc) is 3.52. The predicted molar refractivity (Wildman–Crippen MR) is 155 cm³/mol. The number of benzene rings is 4. The molecule has 0 fully saturated rings. The topological polar surface area (TPSA) is 30.4 Å². The Hall–Kier alpha value is -4.37. The summed E-state index contributed by atoms with van der Waals surface area (Å²) in [4.78, 5) is 4.62. The Morgan fingerprint density at radius 2 is 1.46 bits per heavy atom. The summed E-state index contributed by atoms with van der Waals surface area (Å²) in [6.07, 6.45) is 2.88. The first kappa shape index (κ1) is 20.8. The van der Waals surface area contributed by atoms with Crippen molar-refractivity contribution in [3.8, 4) is 11.3 Å². The maximum absolute atomic E-state index is 6.30. The molecule has 0 bridgehead atoms. The second-order valence-electron chi connectivity index (χ2n) is 11.5. The lowest BCUT2D eigenvalue weighted by Crippen LogP contribution is -2.08. The van der Waals surface area contributed by atoms with Crippen LogP contribution in [-0.4, -0.2) is 9.38 Å². The van der Waals surface area contributed by atoms with Crippen LogP contribution in [0.3, 0.4) is 0 Å². The second kappa shape index (κ2) is 7.10. The molecule has 4 aromatic heterocycles. The molecule has 0 aliphatic carbocycles. The highest BCUT2D eigenvalue weighted by Crippen LogP contribution is 2.43. The molecule has 3 heteroatoms. The van der Waals surface area contributed by atoms with Crippen molar-refractivity contribution in [1.29, 1.82) is 0 Å². The molecule has 0 saturated heterocycles. The molecule has 8 rings (SSSR count). The van der Waals surface area contributed by atoms with E-state index >= 15 is 0 Å². The normalized spacial score (nSPS) is 12.8. The molecule has 0 saturated carbocycles. The van der Waals surface area contributed by atoms with Crippen molar-refractivity contribution in [3.63, 3.8) is 0 Å². The predicted octanol–water partition coefficient (Wildman–Crippen LogP) is 9.39. The van der Waals surface area contributed by atoms with Crippen molar-refractivity contribution in [2.45, 2.75) is 27.2 Å². The first-order chi connectivity index (χ1) is 17.9. The first-order valence-corrected chi connectivity index (χ1v) is 12.9. The Morgan fingerprint density at radius 3 is 2.24 bits per heavy atom. The van der Waals surface area contributed by atoms with E-state index in [2.05, 4.69) is 103 Å². The molecule has 0 unspecified atom stereocenters. The summed E-state index contributed by atoms with van der Waals surface area (Å²) in [5.41, 5.74) is 9.34. The Labute approximate surface area is 214 Å². The van der Waals surface area contributed by atoms with Crippen LogP contribution in [0.2, 0.25) is 0 Å². The zero-order valence-electron chi connectivity index (χ0n) is 21.2. The molecule has 178 valence electrons. The van der Waals surface area contributed by atoms with Crippen LogP contribution in [0.5, 0.6) is 0 Å². The molecule has 37 heavy (non-hydrogen) atoms. The van der Waals surface area contributed by atoms with E-state index in [4.69, 9.17) is 4.42 Å². The Balaban J connectivity index is 1.54. The van der Waals surface area contributed by atoms with E-state index in [0.29, 0.717) is 0 Å². The zero-order chi connectivity index (χ0) is 24.9. The number of hydrogen-bond acceptors (Lipinski definition) is 2. The van der Waals surface area contributed by atoms with Gasteiger partial charge in [0.1, 0.15) is 11.2 Å². The van der Waals surface area contributed by atoms with Gasteiger partial charge in [-0.1, -0.05) is 51.1 Å². The van der Waals surface area contributed by atoms with Crippen molar-refractivity contribution in [2.24, 2.45) is 5.41 Å². The summed E-state index contributed by atoms with van der Waals surface area (Å²) < 4.78 is 8.75. The molecule has 3 nitrogen and oxygen atoms in total. The molecule has 0 spiro atoms. The quantitative estimate of drug-likeness (QED) is 0.248. The minimum Gasteiger partial charge on any atom is -0.456 e. The van der Waals surface area contributed by atoms with Gasteiger partial charge in [-0.25, -0.2) is 0 Å². The summed E-state index contributed by atoms with van der Waals surface area (Å²) in [6, 6.07) is 30.6. The standard InChI is InChI=1S/C34H26N2O/c1-34(2,3)19-20-14-26-23-16-21(28-9-6-7-13-35-28)11-12-29(23)36-30-17-25-22-8-4-5-10-31(22)37-32(25)18-24(30)27(15-20)33(26)36/h4-18H,19H2,1-3H3. The first-order valence-electron chi connectivity index (χ1n) is 12.9. The van der Waals surface area contributed by atoms with Gasteiger partial charge in [-0.15, -0.1) is 0 Å². The number of para-hydroxylation sites is 1. The van der Waals surface area contributed by atoms with Crippen molar-refractivity contribution < 1.29 is 4.42 Å². The highest BCUT2D eigenvalue weighted by Gasteiger charge is 2.22. The summed E-state index contributed by atoms with van der Waals surface area (Å²) in [7, 11) is 0. The molecule has 8 aromatic rings. The Morgan fingerprint density at radius 1 is 0.676 bits per heavy atom. The number of aromatic nitrogens is 2. The van der Waals surface area contributed by atoms with Crippen LogP contribution in [-0.2, 0) is 6.42 Å². The van der Waals surface area contributed by atoms with Crippen molar-refractivity contribution >= 4 is 60.0 Å². The highest BCUT2D eigenvalue weighted by molar-refractivity contribution is 6.26. The van der Waals surface area contributed by atoms with Crippen molar-refractivity contribution in [3.05, 3.63) is 96.7 Å². The van der Waals surface area contributed by atoms with Crippen LogP contribution >= 0.6 is 0 Å². The molecular formula is C34H26N2O. The monoisotopic (exact) mass is 478 g/mol. The summed E-state index contributed by atoms with van der Waals surface area (Å²) in [5, 5.41) is 7.45. The van der Waals surface area contributed by atoms with E-state index in [0.717, 1.165) is 39.6 Å². The van der Waals surface area contributed by atoms with Crippen LogP contribution in [0, 0.1) is 5.41 Å². The van der Waals surface area contributed by atoms with Gasteiger partial charge in [-0.2, -0.15) is 0 Å². The zero-order valence-corrected chi connectivity index (χ0v) is 21.2. The Bertz CT molecular complexity index is 2140. The highest BCUT2D eigenvalue weighted by atomic mass is 16.3. The molecule has 0 aliphatic heterocycles. The number of nitrogens with zero attached hydrogens (tertiary/aromatic N) is 2. The van der Waals surface area contributed by atoms with Crippen molar-refractivity contribution in [2.75, 3.05) is 0 Å². The van der Waals surface area contributed by atoms with Crippen LogP contribution in [0.1, 0.15) is 26.3 Å². The van der Waals surface area contributed by atoms with Gasteiger partial charge >= 0.3 is 0 Å². The minimum absolute atomic E-state index is 0.196. The molecule has 0 aliphatic rings. The van der Waals surface area contributed by atoms with Gasteiger partial charge in [0, 0.05) is 44.1 Å². The van der Waals surface area contributed by atoms with Gasteiger partial charge in [0.25, 0.3) is 0 Å². The Kier molecular flexibility index (Phi) is 3.99. The van der Waals surface area contributed by atoms with Crippen LogP contribution in [0.4, 0.5) is 0 Å². The summed E-state index contributed by atoms with van der Waals surface area (Å²) >= 11 is 0. The minimum atomic E-state index is 0.196. The van der Waals surface area contributed by atoms with Gasteiger partial charge in [0.05, 0.1) is 22.2 Å². The van der Waals surface area contributed by atoms with Crippen LogP contribution < -0.4 is 0 Å². The molecule has 0 N–H and O–H groups in total. The number of pyridine rings is 1. The fourth-order valence-corrected chi connectivity index (χ4v) is 6.23. The van der Waals surface area contributed by atoms with Gasteiger partial charge in [-0.05, 0) is 72.0 Å². The maximum Gasteiger partial charge on any atom is 0.136 e. The maximum atomic E-state index is 6.30. The summed E-state index contributed by atoms with van der Waals surface area (Å²) in [5.74, 6) is 0. The van der Waals surface area contributed by atoms with E-state index in [1.165, 1.54) is 43.7 Å². The van der Waals surface area contributed by atoms with Crippen molar-refractivity contribution in [1.82, 2.24) is 9.38 Å². The van der Waals surface area contributed by atoms with Crippen LogP contribution in [0.25, 0.3) is 71.3 Å². The number of fused-ring (bicyclic) bond motifs is 9. The van der Waals surface area contributed by atoms with Gasteiger partial charge < -0.3 is 8.82 Å². The fraction of sp³-hybridized carbons (Fsp3) is 0.147. The third kappa shape index (κ3) is 2.97. The molecule has 4 aromatic carbocycles. The lowest BCUT2D eigenvalue weighted by Gasteiger charge is -2.18. The van der Waals surface area contributed by atoms with Gasteiger partial charge in [0.2, 0.25) is 0 Å². The van der Waals surface area contributed by atoms with E-state index in [9.17, 15) is 0 Å². The lowest BCUT2D eigenvalue weighted by atomic mass is 9.87. The molecule has 0 atom stereocenters. The SMILES string of the molecule is CC(C)(C)Cc1cc2c3cc(-c4ccccn4)ccc3n3c4cc5c(cc4c(c1)c23)oc1ccccc15. The number of furan rings is 1. The largest absolute Gasteiger partial charge is 0.456 e. The van der Waals surface area contributed by atoms with E-state index in [1.807, 2.05) is 18.3 Å². The van der Waals surface area contributed by atoms with Gasteiger partial charge in [0.15, 0.2) is 0 Å².